The Morgan fingerprint density at radius 1 is 1.03 bits per heavy atom. The molecule has 174 valence electrons. The molecule has 6 heteroatoms. The second-order valence-corrected chi connectivity index (χ2v) is 8.87. The van der Waals surface area contributed by atoms with Crippen molar-refractivity contribution in [1.29, 1.82) is 5.26 Å². The van der Waals surface area contributed by atoms with Crippen LogP contribution in [0.25, 0.3) is 6.08 Å². The largest absolute Gasteiger partial charge is 0.490 e. The van der Waals surface area contributed by atoms with Crippen LogP contribution in [0.1, 0.15) is 36.1 Å². The second kappa shape index (κ2) is 12.2. The molecule has 0 saturated carbocycles. The fourth-order valence-electron chi connectivity index (χ4n) is 3.25. The van der Waals surface area contributed by atoms with E-state index in [2.05, 4.69) is 34.8 Å². The van der Waals surface area contributed by atoms with Gasteiger partial charge >= 0.3 is 0 Å². The molecule has 1 amide bonds. The molecule has 0 spiro atoms. The first kappa shape index (κ1) is 25.3. The molecule has 0 saturated heterocycles. The minimum atomic E-state index is -0.459. The first-order valence-corrected chi connectivity index (χ1v) is 12.2. The predicted octanol–water partition coefficient (Wildman–Crippen LogP) is 6.69. The van der Waals surface area contributed by atoms with Gasteiger partial charge in [-0.2, -0.15) is 5.26 Å². The quantitative estimate of drug-likeness (QED) is 0.178. The maximum atomic E-state index is 12.7. The molecule has 3 aromatic rings. The lowest BCUT2D eigenvalue weighted by Crippen LogP contribution is -2.13. The topological polar surface area (TPSA) is 71.3 Å². The Balaban J connectivity index is 1.81. The predicted molar refractivity (Wildman–Crippen MR) is 144 cm³/mol. The molecule has 0 aliphatic carbocycles. The van der Waals surface area contributed by atoms with Gasteiger partial charge < -0.3 is 14.8 Å². The molecule has 0 unspecified atom stereocenters. The molecule has 0 atom stereocenters. The van der Waals surface area contributed by atoms with Gasteiger partial charge in [-0.25, -0.2) is 0 Å². The zero-order valence-corrected chi connectivity index (χ0v) is 21.7. The molecule has 0 aliphatic rings. The number of hydrogen-bond donors (Lipinski definition) is 1. The van der Waals surface area contributed by atoms with Gasteiger partial charge in [-0.3, -0.25) is 4.79 Å². The smallest absolute Gasteiger partial charge is 0.266 e. The lowest BCUT2D eigenvalue weighted by molar-refractivity contribution is -0.112. The maximum absolute atomic E-state index is 12.7. The molecule has 34 heavy (non-hydrogen) atoms. The molecular weight excluding hydrogens is 539 g/mol. The van der Waals surface area contributed by atoms with Crippen LogP contribution in [0.4, 0.5) is 5.69 Å². The van der Waals surface area contributed by atoms with E-state index in [4.69, 9.17) is 9.47 Å². The number of benzene rings is 3. The lowest BCUT2D eigenvalue weighted by atomic mass is 10.1. The normalized spacial score (nSPS) is 11.0. The molecule has 3 rings (SSSR count). The summed E-state index contributed by atoms with van der Waals surface area (Å²) >= 11 is 2.18. The van der Waals surface area contributed by atoms with Crippen LogP contribution in [0, 0.1) is 21.8 Å². The molecule has 0 aromatic heterocycles. The van der Waals surface area contributed by atoms with Crippen LogP contribution in [-0.4, -0.2) is 12.5 Å². The zero-order chi connectivity index (χ0) is 24.5. The molecule has 1 N–H and O–H groups in total. The number of carbonyl (C=O) groups is 1. The van der Waals surface area contributed by atoms with E-state index in [1.165, 1.54) is 11.1 Å². The Morgan fingerprint density at radius 2 is 1.71 bits per heavy atom. The summed E-state index contributed by atoms with van der Waals surface area (Å²) in [4.78, 5) is 12.7. The van der Waals surface area contributed by atoms with Gasteiger partial charge in [0.1, 0.15) is 18.2 Å². The van der Waals surface area contributed by atoms with Crippen LogP contribution in [-0.2, 0) is 17.8 Å². The van der Waals surface area contributed by atoms with Gasteiger partial charge in [0.05, 0.1) is 10.2 Å². The third kappa shape index (κ3) is 6.84. The monoisotopic (exact) mass is 566 g/mol. The van der Waals surface area contributed by atoms with Gasteiger partial charge in [0.25, 0.3) is 5.91 Å². The standard InChI is InChI=1S/C28H27IN2O3/c1-4-20-10-12-24(13-11-20)31-28(32)23(17-30)14-22-15-25(29)27(26(16-22)33-5-2)34-18-21-8-6-19(3)7-9-21/h6-16H,4-5,18H2,1-3H3,(H,31,32)/b23-14-. The Hall–Kier alpha value is -3.31. The summed E-state index contributed by atoms with van der Waals surface area (Å²) in [5, 5.41) is 12.4. The molecule has 0 bridgehead atoms. The molecular formula is C28H27IN2O3. The SMILES string of the molecule is CCOc1cc(/C=C(/C#N)C(=O)Nc2ccc(CC)cc2)cc(I)c1OCc1ccc(C)cc1. The van der Waals surface area contributed by atoms with Crippen molar-refractivity contribution >= 4 is 40.3 Å². The van der Waals surface area contributed by atoms with Crippen molar-refractivity contribution < 1.29 is 14.3 Å². The summed E-state index contributed by atoms with van der Waals surface area (Å²) in [5.74, 6) is 0.749. The molecule has 0 fully saturated rings. The van der Waals surface area contributed by atoms with Crippen molar-refractivity contribution in [1.82, 2.24) is 0 Å². The number of amides is 1. The fourth-order valence-corrected chi connectivity index (χ4v) is 4.03. The number of rotatable bonds is 9. The average Bonchev–Trinajstić information content (AvgIpc) is 2.83. The van der Waals surface area contributed by atoms with E-state index >= 15 is 0 Å². The van der Waals surface area contributed by atoms with Crippen LogP contribution in [0.2, 0.25) is 0 Å². The highest BCUT2D eigenvalue weighted by Crippen LogP contribution is 2.35. The minimum Gasteiger partial charge on any atom is -0.490 e. The Labute approximate surface area is 214 Å². The fraction of sp³-hybridized carbons (Fsp3) is 0.214. The maximum Gasteiger partial charge on any atom is 0.266 e. The van der Waals surface area contributed by atoms with Crippen molar-refractivity contribution in [3.63, 3.8) is 0 Å². The molecule has 3 aromatic carbocycles. The van der Waals surface area contributed by atoms with Gasteiger partial charge in [0.2, 0.25) is 0 Å². The van der Waals surface area contributed by atoms with Gasteiger partial charge in [0, 0.05) is 5.69 Å². The Kier molecular flexibility index (Phi) is 9.11. The van der Waals surface area contributed by atoms with Gasteiger partial charge in [0.15, 0.2) is 11.5 Å². The summed E-state index contributed by atoms with van der Waals surface area (Å²) in [7, 11) is 0. The number of nitrogens with one attached hydrogen (secondary N) is 1. The summed E-state index contributed by atoms with van der Waals surface area (Å²) < 4.78 is 12.7. The number of hydrogen-bond acceptors (Lipinski definition) is 4. The first-order valence-electron chi connectivity index (χ1n) is 11.1. The van der Waals surface area contributed by atoms with Crippen LogP contribution >= 0.6 is 22.6 Å². The van der Waals surface area contributed by atoms with Crippen molar-refractivity contribution in [2.75, 3.05) is 11.9 Å². The number of halogens is 1. The molecule has 5 nitrogen and oxygen atoms in total. The summed E-state index contributed by atoms with van der Waals surface area (Å²) in [5.41, 5.74) is 4.77. The van der Waals surface area contributed by atoms with Crippen LogP contribution in [0.5, 0.6) is 11.5 Å². The third-order valence-electron chi connectivity index (χ3n) is 5.13. The van der Waals surface area contributed by atoms with E-state index in [1.54, 1.807) is 12.1 Å². The van der Waals surface area contributed by atoms with Crippen molar-refractivity contribution in [3.05, 3.63) is 92.1 Å². The first-order chi connectivity index (χ1) is 16.4. The van der Waals surface area contributed by atoms with E-state index in [-0.39, 0.29) is 5.57 Å². The Bertz CT molecular complexity index is 1210. The van der Waals surface area contributed by atoms with Gasteiger partial charge in [-0.05, 0) is 89.9 Å². The summed E-state index contributed by atoms with van der Waals surface area (Å²) in [6.45, 7) is 6.89. The molecule has 0 aliphatic heterocycles. The Morgan fingerprint density at radius 3 is 2.32 bits per heavy atom. The number of nitrogens with zero attached hydrogens (tertiary/aromatic N) is 1. The number of ether oxygens (including phenoxy) is 2. The summed E-state index contributed by atoms with van der Waals surface area (Å²) in [6.07, 6.45) is 2.48. The highest BCUT2D eigenvalue weighted by molar-refractivity contribution is 14.1. The highest BCUT2D eigenvalue weighted by atomic mass is 127. The van der Waals surface area contributed by atoms with Crippen molar-refractivity contribution in [3.8, 4) is 17.6 Å². The molecule has 0 radical (unpaired) electrons. The third-order valence-corrected chi connectivity index (χ3v) is 5.93. The summed E-state index contributed by atoms with van der Waals surface area (Å²) in [6, 6.07) is 21.4. The van der Waals surface area contributed by atoms with Crippen LogP contribution < -0.4 is 14.8 Å². The van der Waals surface area contributed by atoms with E-state index in [1.807, 2.05) is 74.5 Å². The van der Waals surface area contributed by atoms with Gasteiger partial charge in [-0.15, -0.1) is 0 Å². The highest BCUT2D eigenvalue weighted by Gasteiger charge is 2.15. The second-order valence-electron chi connectivity index (χ2n) is 7.71. The number of anilines is 1. The minimum absolute atomic E-state index is 0.00569. The van der Waals surface area contributed by atoms with Crippen LogP contribution in [0.3, 0.4) is 0 Å². The molecule has 0 heterocycles. The number of aryl methyl sites for hydroxylation is 2. The van der Waals surface area contributed by atoms with Crippen molar-refractivity contribution in [2.45, 2.75) is 33.8 Å². The van der Waals surface area contributed by atoms with E-state index in [0.29, 0.717) is 36.0 Å². The number of carbonyl (C=O) groups excluding carboxylic acids is 1. The van der Waals surface area contributed by atoms with E-state index < -0.39 is 5.91 Å². The number of nitriles is 1. The average molecular weight is 566 g/mol. The van der Waals surface area contributed by atoms with Gasteiger partial charge in [-0.1, -0.05) is 48.9 Å². The van der Waals surface area contributed by atoms with Crippen molar-refractivity contribution in [2.24, 2.45) is 0 Å². The zero-order valence-electron chi connectivity index (χ0n) is 19.5. The van der Waals surface area contributed by atoms with E-state index in [0.717, 1.165) is 15.6 Å². The van der Waals surface area contributed by atoms with Crippen LogP contribution in [0.15, 0.2) is 66.2 Å². The van der Waals surface area contributed by atoms with E-state index in [9.17, 15) is 10.1 Å². The lowest BCUT2D eigenvalue weighted by Gasteiger charge is -2.15.